The third-order valence-corrected chi connectivity index (χ3v) is 14.6. The molecule has 0 amide bonds. The molecule has 0 bridgehead atoms. The van der Waals surface area contributed by atoms with E-state index in [9.17, 15) is 0 Å². The number of hydrogen-bond donors (Lipinski definition) is 0. The Morgan fingerprint density at radius 1 is 0.257 bits per heavy atom. The van der Waals surface area contributed by atoms with Gasteiger partial charge in [0.2, 0.25) is 0 Å². The average molecular weight is 946 g/mol. The van der Waals surface area contributed by atoms with E-state index in [0.717, 1.165) is 95.3 Å². The lowest BCUT2D eigenvalue weighted by Crippen LogP contribution is -1.98. The number of benzene rings is 11. The zero-order valence-corrected chi connectivity index (χ0v) is 40.6. The van der Waals surface area contributed by atoms with E-state index in [-0.39, 0.29) is 0 Å². The first-order chi connectivity index (χ1) is 36.6. The van der Waals surface area contributed by atoms with Crippen LogP contribution in [0.25, 0.3) is 128 Å². The summed E-state index contributed by atoms with van der Waals surface area (Å²) < 4.78 is 6.96. The first-order valence-corrected chi connectivity index (χ1v) is 25.2. The third-order valence-electron chi connectivity index (χ3n) is 14.6. The van der Waals surface area contributed by atoms with E-state index in [1.165, 1.54) is 38.5 Å². The number of hydrogen-bond acceptors (Lipinski definition) is 2. The van der Waals surface area contributed by atoms with Gasteiger partial charge < -0.3 is 4.57 Å². The Hall–Kier alpha value is -9.84. The molecule has 3 aromatic heterocycles. The van der Waals surface area contributed by atoms with Crippen molar-refractivity contribution in [3.63, 3.8) is 0 Å². The number of nitrogens with zero attached hydrogens (tertiary/aromatic N) is 5. The topological polar surface area (TPSA) is 40.6 Å². The molecule has 0 radical (unpaired) electrons. The molecule has 0 aliphatic heterocycles. The molecule has 14 aromatic rings. The van der Waals surface area contributed by atoms with Crippen molar-refractivity contribution in [2.45, 2.75) is 6.92 Å². The number of fused-ring (bicyclic) bond motifs is 5. The molecule has 0 atom stereocenters. The van der Waals surface area contributed by atoms with Crippen LogP contribution in [-0.4, -0.2) is 23.7 Å². The molecule has 0 N–H and O–H groups in total. The van der Waals surface area contributed by atoms with Crippen molar-refractivity contribution in [2.75, 3.05) is 0 Å². The zero-order valence-electron chi connectivity index (χ0n) is 40.6. The summed E-state index contributed by atoms with van der Waals surface area (Å²) in [6.45, 7) is 2.14. The van der Waals surface area contributed by atoms with Crippen LogP contribution in [0.2, 0.25) is 0 Å². The van der Waals surface area contributed by atoms with Gasteiger partial charge in [-0.25, -0.2) is 9.97 Å². The summed E-state index contributed by atoms with van der Waals surface area (Å²) in [6, 6.07) is 95.8. The van der Waals surface area contributed by atoms with Gasteiger partial charge in [0.05, 0.1) is 33.1 Å². The number of rotatable bonds is 9. The fourth-order valence-corrected chi connectivity index (χ4v) is 11.0. The summed E-state index contributed by atoms with van der Waals surface area (Å²) in [7, 11) is 0. The van der Waals surface area contributed by atoms with Crippen LogP contribution in [0.15, 0.2) is 267 Å². The van der Waals surface area contributed by atoms with E-state index in [4.69, 9.17) is 9.97 Å². The van der Waals surface area contributed by atoms with Crippen LogP contribution < -0.4 is 0 Å². The molecule has 5 heteroatoms. The van der Waals surface area contributed by atoms with Gasteiger partial charge in [0.1, 0.15) is 11.6 Å². The van der Waals surface area contributed by atoms with Crippen molar-refractivity contribution >= 4 is 43.9 Å². The van der Waals surface area contributed by atoms with Gasteiger partial charge in [0, 0.05) is 39.0 Å². The summed E-state index contributed by atoms with van der Waals surface area (Å²) in [6.07, 6.45) is 0. The Kier molecular flexibility index (Phi) is 10.3. The van der Waals surface area contributed by atoms with Crippen molar-refractivity contribution in [1.82, 2.24) is 23.7 Å². The smallest absolute Gasteiger partial charge is 0.146 e. The summed E-state index contributed by atoms with van der Waals surface area (Å²) in [5.74, 6) is 1.84. The molecule has 0 aliphatic carbocycles. The fourth-order valence-electron chi connectivity index (χ4n) is 11.0. The first kappa shape index (κ1) is 43.0. The molecule has 5 nitrogen and oxygen atoms in total. The lowest BCUT2D eigenvalue weighted by Gasteiger charge is -2.14. The Bertz CT molecular complexity index is 4130. The molecule has 348 valence electrons. The second kappa shape index (κ2) is 17.8. The number of aromatic nitrogens is 5. The average Bonchev–Trinajstić information content (AvgIpc) is 4.17. The predicted octanol–water partition coefficient (Wildman–Crippen LogP) is 17.8. The van der Waals surface area contributed by atoms with Crippen molar-refractivity contribution in [3.05, 3.63) is 272 Å². The van der Waals surface area contributed by atoms with Gasteiger partial charge in [-0.3, -0.25) is 9.13 Å². The van der Waals surface area contributed by atoms with E-state index in [0.29, 0.717) is 0 Å². The van der Waals surface area contributed by atoms with E-state index in [2.05, 4.69) is 288 Å². The molecular formula is C69H47N5. The van der Waals surface area contributed by atoms with Crippen molar-refractivity contribution in [1.29, 1.82) is 0 Å². The van der Waals surface area contributed by atoms with E-state index < -0.39 is 0 Å². The SMILES string of the molecule is Cc1ccc(-n2c3ccc(-c4ccc(-c5ccccc5-c5nc6ccccc6n5-c5ccccc5)cc4)cc3c3cc(-c4ccc(-c5ccccc5-c5nc6ccccc6n5-c5ccccc5)cc4)ccc32)cc1. The Morgan fingerprint density at radius 3 is 1.05 bits per heavy atom. The van der Waals surface area contributed by atoms with Gasteiger partial charge in [-0.05, 0) is 136 Å². The molecule has 0 saturated carbocycles. The van der Waals surface area contributed by atoms with Crippen LogP contribution in [0.5, 0.6) is 0 Å². The van der Waals surface area contributed by atoms with Gasteiger partial charge in [-0.15, -0.1) is 0 Å². The monoisotopic (exact) mass is 945 g/mol. The molecular weight excluding hydrogens is 899 g/mol. The molecule has 0 spiro atoms. The highest BCUT2D eigenvalue weighted by Gasteiger charge is 2.21. The maximum Gasteiger partial charge on any atom is 0.146 e. The van der Waals surface area contributed by atoms with Crippen LogP contribution in [0, 0.1) is 6.92 Å². The van der Waals surface area contributed by atoms with Crippen LogP contribution in [0.4, 0.5) is 0 Å². The largest absolute Gasteiger partial charge is 0.309 e. The highest BCUT2D eigenvalue weighted by Crippen LogP contribution is 2.41. The lowest BCUT2D eigenvalue weighted by atomic mass is 9.95. The van der Waals surface area contributed by atoms with Gasteiger partial charge in [0.15, 0.2) is 0 Å². The summed E-state index contributed by atoms with van der Waals surface area (Å²) in [5.41, 5.74) is 22.4. The summed E-state index contributed by atoms with van der Waals surface area (Å²) >= 11 is 0. The lowest BCUT2D eigenvalue weighted by molar-refractivity contribution is 1.10. The van der Waals surface area contributed by atoms with Gasteiger partial charge >= 0.3 is 0 Å². The standard InChI is InChI=1S/C69H47N5/c1-46-28-40-55(41-29-46)72-64-42-38-51(47-30-34-49(35-31-47)56-20-8-10-22-58(56)68-70-62-24-12-14-26-66(62)73(68)53-16-4-2-5-17-53)44-60(64)61-45-52(39-43-65(61)72)48-32-36-50(37-33-48)57-21-9-11-23-59(57)69-71-63-25-13-15-27-67(63)74(69)54-18-6-3-7-19-54/h2-45H,1H3. The molecule has 14 rings (SSSR count). The van der Waals surface area contributed by atoms with Crippen LogP contribution >= 0.6 is 0 Å². The van der Waals surface area contributed by atoms with E-state index >= 15 is 0 Å². The molecule has 3 heterocycles. The summed E-state index contributed by atoms with van der Waals surface area (Å²) in [5, 5.41) is 2.42. The predicted molar refractivity (Wildman–Crippen MR) is 307 cm³/mol. The third kappa shape index (κ3) is 7.33. The molecule has 0 aliphatic rings. The Labute approximate surface area is 429 Å². The Morgan fingerprint density at radius 2 is 0.608 bits per heavy atom. The van der Waals surface area contributed by atoms with Crippen LogP contribution in [0.1, 0.15) is 5.56 Å². The van der Waals surface area contributed by atoms with E-state index in [1.807, 2.05) is 0 Å². The fraction of sp³-hybridized carbons (Fsp3) is 0.0145. The highest BCUT2D eigenvalue weighted by molar-refractivity contribution is 6.12. The summed E-state index contributed by atoms with van der Waals surface area (Å²) in [4.78, 5) is 10.4. The second-order valence-corrected chi connectivity index (χ2v) is 19.1. The minimum atomic E-state index is 0.921. The maximum absolute atomic E-state index is 5.22. The van der Waals surface area contributed by atoms with Crippen molar-refractivity contribution in [2.24, 2.45) is 0 Å². The maximum atomic E-state index is 5.22. The first-order valence-electron chi connectivity index (χ1n) is 25.2. The molecule has 0 saturated heterocycles. The molecule has 74 heavy (non-hydrogen) atoms. The van der Waals surface area contributed by atoms with Crippen LogP contribution in [-0.2, 0) is 0 Å². The van der Waals surface area contributed by atoms with Crippen molar-refractivity contribution < 1.29 is 0 Å². The van der Waals surface area contributed by atoms with E-state index in [1.54, 1.807) is 0 Å². The molecule has 0 fully saturated rings. The van der Waals surface area contributed by atoms with Gasteiger partial charge in [-0.1, -0.05) is 188 Å². The highest BCUT2D eigenvalue weighted by atomic mass is 15.1. The number of imidazole rings is 2. The normalized spacial score (nSPS) is 11.6. The molecule has 0 unspecified atom stereocenters. The molecule has 11 aromatic carbocycles. The van der Waals surface area contributed by atoms with Crippen molar-refractivity contribution in [3.8, 4) is 84.3 Å². The second-order valence-electron chi connectivity index (χ2n) is 19.1. The van der Waals surface area contributed by atoms with Gasteiger partial charge in [0.25, 0.3) is 0 Å². The number of para-hydroxylation sites is 6. The number of aryl methyl sites for hydroxylation is 1. The minimum Gasteiger partial charge on any atom is -0.309 e. The Balaban J connectivity index is 0.837. The quantitative estimate of drug-likeness (QED) is 0.145. The van der Waals surface area contributed by atoms with Gasteiger partial charge in [-0.2, -0.15) is 0 Å². The zero-order chi connectivity index (χ0) is 49.1. The minimum absolute atomic E-state index is 0.921. The van der Waals surface area contributed by atoms with Crippen LogP contribution in [0.3, 0.4) is 0 Å².